The molecule has 1 N–H and O–H groups in total. The first kappa shape index (κ1) is 17.1. The van der Waals surface area contributed by atoms with Crippen LogP contribution in [-0.4, -0.2) is 30.6 Å². The van der Waals surface area contributed by atoms with Crippen LogP contribution in [0, 0.1) is 0 Å². The average molecular weight is 399 g/mol. The van der Waals surface area contributed by atoms with Gasteiger partial charge in [0.15, 0.2) is 0 Å². The number of anilines is 1. The maximum absolute atomic E-state index is 3.65. The minimum absolute atomic E-state index is 0.533. The zero-order valence-electron chi connectivity index (χ0n) is 14.9. The quantitative estimate of drug-likeness (QED) is 0.718. The average Bonchev–Trinajstić information content (AvgIpc) is 2.96. The number of benzene rings is 2. The summed E-state index contributed by atoms with van der Waals surface area (Å²) in [6.07, 6.45) is 3.84. The van der Waals surface area contributed by atoms with Gasteiger partial charge in [-0.15, -0.1) is 0 Å². The maximum Gasteiger partial charge on any atom is 0.0379 e. The van der Waals surface area contributed by atoms with Crippen LogP contribution in [0.5, 0.6) is 0 Å². The van der Waals surface area contributed by atoms with E-state index in [1.54, 1.807) is 0 Å². The van der Waals surface area contributed by atoms with Crippen LogP contribution in [0.25, 0.3) is 0 Å². The van der Waals surface area contributed by atoms with E-state index >= 15 is 0 Å². The zero-order chi connectivity index (χ0) is 17.2. The predicted molar refractivity (Wildman–Crippen MR) is 109 cm³/mol. The molecule has 0 spiro atoms. The van der Waals surface area contributed by atoms with E-state index < -0.39 is 0 Å². The molecule has 0 saturated carbocycles. The van der Waals surface area contributed by atoms with Crippen molar-refractivity contribution < 1.29 is 0 Å². The number of hydrogen-bond acceptors (Lipinski definition) is 2. The third-order valence-corrected chi connectivity index (χ3v) is 6.51. The number of hydrogen-bond donors (Lipinski definition) is 1. The number of likely N-dealkylation sites (tertiary alicyclic amines) is 1. The third kappa shape index (κ3) is 3.78. The highest BCUT2D eigenvalue weighted by molar-refractivity contribution is 9.10. The van der Waals surface area contributed by atoms with Crippen molar-refractivity contribution in [3.8, 4) is 0 Å². The summed E-state index contributed by atoms with van der Waals surface area (Å²) in [5.41, 5.74) is 4.33. The summed E-state index contributed by atoms with van der Waals surface area (Å²) in [6, 6.07) is 18.2. The van der Waals surface area contributed by atoms with Crippen molar-refractivity contribution in [2.75, 3.05) is 25.0 Å². The molecular weight excluding hydrogens is 372 g/mol. The molecule has 0 aromatic heterocycles. The Hall–Kier alpha value is -1.32. The number of halogens is 1. The summed E-state index contributed by atoms with van der Waals surface area (Å²) in [5.74, 6) is 1.38. The van der Waals surface area contributed by atoms with Crippen LogP contribution in [-0.2, 0) is 0 Å². The lowest BCUT2D eigenvalue weighted by molar-refractivity contribution is 0.204. The van der Waals surface area contributed by atoms with Gasteiger partial charge in [-0.05, 0) is 81.1 Å². The Labute approximate surface area is 159 Å². The fourth-order valence-electron chi connectivity index (χ4n) is 4.53. The standard InChI is InChI=1S/C22H27BrN2/c1-16-20(21-15-19(23)7-8-22(21)24-16)11-14-25-12-9-18(10-13-25)17-5-3-2-4-6-17/h2-8,15-16,18,20,24H,9-14H2,1H3/t16-,20+/m1/s1. The first-order chi connectivity index (χ1) is 12.2. The molecule has 0 unspecified atom stereocenters. The first-order valence-corrected chi connectivity index (χ1v) is 10.3. The van der Waals surface area contributed by atoms with E-state index in [9.17, 15) is 0 Å². The highest BCUT2D eigenvalue weighted by Gasteiger charge is 2.30. The van der Waals surface area contributed by atoms with Crippen LogP contribution in [0.1, 0.15) is 49.1 Å². The van der Waals surface area contributed by atoms with Gasteiger partial charge in [0.05, 0.1) is 0 Å². The first-order valence-electron chi connectivity index (χ1n) is 9.54. The van der Waals surface area contributed by atoms with Crippen molar-refractivity contribution in [2.24, 2.45) is 0 Å². The monoisotopic (exact) mass is 398 g/mol. The molecule has 25 heavy (non-hydrogen) atoms. The molecule has 2 aliphatic heterocycles. The summed E-state index contributed by atoms with van der Waals surface area (Å²) in [7, 11) is 0. The van der Waals surface area contributed by atoms with E-state index in [4.69, 9.17) is 0 Å². The lowest BCUT2D eigenvalue weighted by atomic mass is 9.88. The van der Waals surface area contributed by atoms with E-state index in [0.29, 0.717) is 12.0 Å². The van der Waals surface area contributed by atoms with Gasteiger partial charge in [0.1, 0.15) is 0 Å². The van der Waals surface area contributed by atoms with Crippen molar-refractivity contribution in [3.05, 3.63) is 64.1 Å². The van der Waals surface area contributed by atoms with Crippen LogP contribution in [0.15, 0.2) is 53.0 Å². The Morgan fingerprint density at radius 1 is 1.08 bits per heavy atom. The van der Waals surface area contributed by atoms with Gasteiger partial charge in [-0.25, -0.2) is 0 Å². The summed E-state index contributed by atoms with van der Waals surface area (Å²) >= 11 is 3.63. The van der Waals surface area contributed by atoms with Crippen molar-refractivity contribution in [3.63, 3.8) is 0 Å². The van der Waals surface area contributed by atoms with Gasteiger partial charge in [-0.3, -0.25) is 0 Å². The Morgan fingerprint density at radius 3 is 2.60 bits per heavy atom. The SMILES string of the molecule is C[C@H]1Nc2ccc(Br)cc2[C@H]1CCN1CCC(c2ccccc2)CC1. The Balaban J connectivity index is 1.32. The second kappa shape index (κ2) is 7.51. The van der Waals surface area contributed by atoms with Gasteiger partial charge in [0.25, 0.3) is 0 Å². The minimum atomic E-state index is 0.533. The smallest absolute Gasteiger partial charge is 0.0379 e. The minimum Gasteiger partial charge on any atom is -0.382 e. The molecule has 0 bridgehead atoms. The molecule has 132 valence electrons. The number of nitrogens with one attached hydrogen (secondary N) is 1. The molecule has 2 aliphatic rings. The fourth-order valence-corrected chi connectivity index (χ4v) is 4.91. The highest BCUT2D eigenvalue weighted by Crippen LogP contribution is 2.39. The summed E-state index contributed by atoms with van der Waals surface area (Å²) in [4.78, 5) is 2.67. The second-order valence-electron chi connectivity index (χ2n) is 7.59. The predicted octanol–water partition coefficient (Wildman–Crippen LogP) is 5.62. The van der Waals surface area contributed by atoms with Crippen molar-refractivity contribution in [2.45, 2.75) is 44.1 Å². The lowest BCUT2D eigenvalue weighted by Crippen LogP contribution is -2.35. The Morgan fingerprint density at radius 2 is 1.84 bits per heavy atom. The van der Waals surface area contributed by atoms with Crippen LogP contribution in [0.4, 0.5) is 5.69 Å². The molecule has 1 saturated heterocycles. The number of nitrogens with zero attached hydrogens (tertiary/aromatic N) is 1. The van der Waals surface area contributed by atoms with E-state index in [1.807, 2.05) is 0 Å². The largest absolute Gasteiger partial charge is 0.382 e. The van der Waals surface area contributed by atoms with Crippen LogP contribution >= 0.6 is 15.9 Å². The van der Waals surface area contributed by atoms with Gasteiger partial charge in [0.2, 0.25) is 0 Å². The maximum atomic E-state index is 3.65. The highest BCUT2D eigenvalue weighted by atomic mass is 79.9. The molecule has 0 radical (unpaired) electrons. The molecular formula is C22H27BrN2. The van der Waals surface area contributed by atoms with Crippen LogP contribution in [0.2, 0.25) is 0 Å². The van der Waals surface area contributed by atoms with Gasteiger partial charge in [-0.1, -0.05) is 46.3 Å². The topological polar surface area (TPSA) is 15.3 Å². The Kier molecular flexibility index (Phi) is 5.14. The molecule has 2 heterocycles. The van der Waals surface area contributed by atoms with E-state index in [-0.39, 0.29) is 0 Å². The molecule has 1 fully saturated rings. The fraction of sp³-hybridized carbons (Fsp3) is 0.455. The van der Waals surface area contributed by atoms with Crippen LogP contribution < -0.4 is 5.32 Å². The van der Waals surface area contributed by atoms with Gasteiger partial charge in [0, 0.05) is 22.1 Å². The molecule has 0 aliphatic carbocycles. The molecule has 2 aromatic carbocycles. The molecule has 2 atom stereocenters. The molecule has 4 rings (SSSR count). The van der Waals surface area contributed by atoms with Crippen molar-refractivity contribution in [1.29, 1.82) is 0 Å². The number of rotatable bonds is 4. The molecule has 2 aromatic rings. The number of piperidine rings is 1. The second-order valence-corrected chi connectivity index (χ2v) is 8.50. The van der Waals surface area contributed by atoms with E-state index in [2.05, 4.69) is 81.6 Å². The van der Waals surface area contributed by atoms with Gasteiger partial charge >= 0.3 is 0 Å². The van der Waals surface area contributed by atoms with Crippen LogP contribution in [0.3, 0.4) is 0 Å². The van der Waals surface area contributed by atoms with Crippen molar-refractivity contribution >= 4 is 21.6 Å². The van der Waals surface area contributed by atoms with E-state index in [1.165, 1.54) is 60.2 Å². The Bertz CT molecular complexity index is 707. The zero-order valence-corrected chi connectivity index (χ0v) is 16.5. The van der Waals surface area contributed by atoms with E-state index in [0.717, 1.165) is 5.92 Å². The van der Waals surface area contributed by atoms with Gasteiger partial charge < -0.3 is 10.2 Å². The lowest BCUT2D eigenvalue weighted by Gasteiger charge is -2.33. The summed E-state index contributed by atoms with van der Waals surface area (Å²) in [6.45, 7) is 6.00. The molecule has 2 nitrogen and oxygen atoms in total. The summed E-state index contributed by atoms with van der Waals surface area (Å²) in [5, 5.41) is 3.65. The summed E-state index contributed by atoms with van der Waals surface area (Å²) < 4.78 is 1.19. The normalized spacial score (nSPS) is 24.1. The number of fused-ring (bicyclic) bond motifs is 1. The molecule has 3 heteroatoms. The van der Waals surface area contributed by atoms with Gasteiger partial charge in [-0.2, -0.15) is 0 Å². The molecule has 0 amide bonds. The third-order valence-electron chi connectivity index (χ3n) is 6.01. The van der Waals surface area contributed by atoms with Crippen molar-refractivity contribution in [1.82, 2.24) is 4.90 Å².